The number of likely N-dealkylation sites (N-methyl/N-ethyl adjacent to an activating group) is 1. The Bertz CT molecular complexity index is 992. The molecule has 2 heterocycles. The molecule has 2 aliphatic heterocycles. The zero-order chi connectivity index (χ0) is 31.8. The first-order valence-corrected chi connectivity index (χ1v) is 15.0. The molecule has 2 aliphatic rings. The van der Waals surface area contributed by atoms with E-state index in [0.717, 1.165) is 26.2 Å². The molecule has 2 fully saturated rings. The van der Waals surface area contributed by atoms with Crippen LogP contribution < -0.4 is 16.0 Å². The van der Waals surface area contributed by atoms with Gasteiger partial charge in [-0.25, -0.2) is 9.69 Å². The number of amides is 5. The lowest BCUT2D eigenvalue weighted by Crippen LogP contribution is -2.69. The van der Waals surface area contributed by atoms with E-state index >= 15 is 0 Å². The lowest BCUT2D eigenvalue weighted by atomic mass is 9.93. The number of carbonyl (C=O) groups excluding carboxylic acids is 5. The molecule has 3 atom stereocenters. The highest BCUT2D eigenvalue weighted by atomic mass is 16.4. The molecule has 2 saturated heterocycles. The van der Waals surface area contributed by atoms with Crippen LogP contribution in [0.1, 0.15) is 73.6 Å². The van der Waals surface area contributed by atoms with Crippen molar-refractivity contribution in [2.75, 3.05) is 39.8 Å². The van der Waals surface area contributed by atoms with Crippen LogP contribution in [-0.2, 0) is 28.8 Å². The Morgan fingerprint density at radius 2 is 1.29 bits per heavy atom. The van der Waals surface area contributed by atoms with Crippen molar-refractivity contribution in [1.82, 2.24) is 30.7 Å². The summed E-state index contributed by atoms with van der Waals surface area (Å²) in [6.45, 7) is 14.3. The van der Waals surface area contributed by atoms with Crippen molar-refractivity contribution in [2.45, 2.75) is 91.4 Å². The Labute approximate surface area is 249 Å². The standard InChI is InChI=1S/C29H50N6O7/c1-18(2)14-21(30-23(36)17-34-12-10-33(7)11-13-34)26(39)31-22(15-19(3)4)27(40)32-29(28(41)42,16-20(5)6)35-24(37)8-9-25(35)38/h18-22H,8-17H2,1-7H3,(H,30,36)(H,31,39)(H,32,40)(H,41,42)/t21-,22-,29-/m0/s1. The molecule has 0 aromatic carbocycles. The Hall–Kier alpha value is -3.06. The van der Waals surface area contributed by atoms with Gasteiger partial charge >= 0.3 is 5.97 Å². The van der Waals surface area contributed by atoms with Crippen LogP contribution in [0, 0.1) is 17.8 Å². The minimum atomic E-state index is -2.29. The molecule has 13 nitrogen and oxygen atoms in total. The number of nitrogens with one attached hydrogen (secondary N) is 3. The second-order valence-electron chi connectivity index (χ2n) is 12.9. The molecule has 0 aromatic heterocycles. The monoisotopic (exact) mass is 594 g/mol. The number of nitrogens with zero attached hydrogens (tertiary/aromatic N) is 3. The normalized spacial score (nSPS) is 19.6. The average molecular weight is 595 g/mol. The number of likely N-dealkylation sites (tertiary alicyclic amines) is 1. The van der Waals surface area contributed by atoms with Gasteiger partial charge in [-0.1, -0.05) is 41.5 Å². The van der Waals surface area contributed by atoms with Crippen LogP contribution >= 0.6 is 0 Å². The third-order valence-corrected chi connectivity index (χ3v) is 7.48. The number of carboxylic acids is 1. The maximum absolute atomic E-state index is 13.7. The molecule has 0 aromatic rings. The maximum Gasteiger partial charge on any atom is 0.351 e. The van der Waals surface area contributed by atoms with Crippen molar-refractivity contribution >= 4 is 35.5 Å². The minimum Gasteiger partial charge on any atom is -0.478 e. The van der Waals surface area contributed by atoms with E-state index in [2.05, 4.69) is 20.9 Å². The SMILES string of the molecule is CC(C)C[C@H](NC(=O)CN1CCN(C)CC1)C(=O)N[C@@H](CC(C)C)C(=O)N[C@](CC(C)C)(C(=O)O)N1C(=O)CCC1=O. The topological polar surface area (TPSA) is 168 Å². The molecule has 0 radical (unpaired) electrons. The van der Waals surface area contributed by atoms with Gasteiger partial charge in [0.05, 0.1) is 6.54 Å². The lowest BCUT2D eigenvalue weighted by Gasteiger charge is -2.39. The molecule has 4 N–H and O–H groups in total. The molecule has 238 valence electrons. The van der Waals surface area contributed by atoms with Gasteiger partial charge in [0.25, 0.3) is 0 Å². The van der Waals surface area contributed by atoms with Gasteiger partial charge in [0.15, 0.2) is 0 Å². The number of hydrogen-bond donors (Lipinski definition) is 4. The summed E-state index contributed by atoms with van der Waals surface area (Å²) in [6.07, 6.45) is 0.0175. The predicted molar refractivity (Wildman–Crippen MR) is 156 cm³/mol. The van der Waals surface area contributed by atoms with Crippen molar-refractivity contribution in [3.8, 4) is 0 Å². The Balaban J connectivity index is 2.27. The second kappa shape index (κ2) is 15.4. The number of rotatable bonds is 15. The molecule has 0 saturated carbocycles. The van der Waals surface area contributed by atoms with Gasteiger partial charge in [0.2, 0.25) is 35.2 Å². The molecule has 2 rings (SSSR count). The Morgan fingerprint density at radius 1 is 0.786 bits per heavy atom. The highest BCUT2D eigenvalue weighted by molar-refractivity contribution is 6.07. The summed E-state index contributed by atoms with van der Waals surface area (Å²) in [5.74, 6) is -4.87. The maximum atomic E-state index is 13.7. The van der Waals surface area contributed by atoms with Crippen molar-refractivity contribution in [3.63, 3.8) is 0 Å². The van der Waals surface area contributed by atoms with Gasteiger partial charge in [-0.2, -0.15) is 0 Å². The third-order valence-electron chi connectivity index (χ3n) is 7.48. The Kier molecular flexibility index (Phi) is 12.9. The fourth-order valence-electron chi connectivity index (χ4n) is 5.45. The molecule has 42 heavy (non-hydrogen) atoms. The van der Waals surface area contributed by atoms with Gasteiger partial charge in [0.1, 0.15) is 12.1 Å². The molecule has 0 spiro atoms. The molecule has 0 unspecified atom stereocenters. The summed E-state index contributed by atoms with van der Waals surface area (Å²) in [5.41, 5.74) is -2.29. The Morgan fingerprint density at radius 3 is 1.74 bits per heavy atom. The van der Waals surface area contributed by atoms with E-state index in [1.54, 1.807) is 13.8 Å². The van der Waals surface area contributed by atoms with Crippen LogP contribution in [0.25, 0.3) is 0 Å². The first-order chi connectivity index (χ1) is 19.5. The summed E-state index contributed by atoms with van der Waals surface area (Å²) in [7, 11) is 2.02. The third kappa shape index (κ3) is 9.75. The van der Waals surface area contributed by atoms with E-state index in [-0.39, 0.29) is 55.9 Å². The summed E-state index contributed by atoms with van der Waals surface area (Å²) >= 11 is 0. The molecule has 13 heteroatoms. The van der Waals surface area contributed by atoms with Gasteiger partial charge in [0, 0.05) is 45.4 Å². The average Bonchev–Trinajstić information content (AvgIpc) is 3.21. The van der Waals surface area contributed by atoms with E-state index in [4.69, 9.17) is 0 Å². The smallest absolute Gasteiger partial charge is 0.351 e. The highest BCUT2D eigenvalue weighted by Gasteiger charge is 2.54. The van der Waals surface area contributed by atoms with E-state index in [1.807, 2.05) is 39.6 Å². The highest BCUT2D eigenvalue weighted by Crippen LogP contribution is 2.29. The van der Waals surface area contributed by atoms with Crippen LogP contribution in [0.3, 0.4) is 0 Å². The first kappa shape index (κ1) is 35.1. The van der Waals surface area contributed by atoms with Gasteiger partial charge < -0.3 is 26.0 Å². The number of aliphatic carboxylic acids is 1. The summed E-state index contributed by atoms with van der Waals surface area (Å²) in [6, 6.07) is -2.07. The van der Waals surface area contributed by atoms with Crippen LogP contribution in [0.2, 0.25) is 0 Å². The number of imide groups is 1. The quantitative estimate of drug-likeness (QED) is 0.196. The molecule has 0 aliphatic carbocycles. The van der Waals surface area contributed by atoms with E-state index in [9.17, 15) is 33.9 Å². The van der Waals surface area contributed by atoms with Crippen molar-refractivity contribution in [1.29, 1.82) is 0 Å². The number of carbonyl (C=O) groups is 6. The number of hydrogen-bond acceptors (Lipinski definition) is 8. The van der Waals surface area contributed by atoms with E-state index < -0.39 is 47.3 Å². The fourth-order valence-corrected chi connectivity index (χ4v) is 5.45. The fraction of sp³-hybridized carbons (Fsp3) is 0.793. The minimum absolute atomic E-state index is 0.0555. The number of piperazine rings is 1. The van der Waals surface area contributed by atoms with Crippen molar-refractivity contribution < 1.29 is 33.9 Å². The van der Waals surface area contributed by atoms with Crippen molar-refractivity contribution in [2.24, 2.45) is 17.8 Å². The summed E-state index contributed by atoms with van der Waals surface area (Å²) < 4.78 is 0. The lowest BCUT2D eigenvalue weighted by molar-refractivity contribution is -0.169. The summed E-state index contributed by atoms with van der Waals surface area (Å²) in [4.78, 5) is 83.0. The van der Waals surface area contributed by atoms with Crippen LogP contribution in [0.15, 0.2) is 0 Å². The second-order valence-corrected chi connectivity index (χ2v) is 12.9. The van der Waals surface area contributed by atoms with Crippen LogP contribution in [0.4, 0.5) is 0 Å². The molecule has 0 bridgehead atoms. The predicted octanol–water partition coefficient (Wildman–Crippen LogP) is 0.388. The first-order valence-electron chi connectivity index (χ1n) is 15.0. The largest absolute Gasteiger partial charge is 0.478 e. The van der Waals surface area contributed by atoms with Crippen LogP contribution in [0.5, 0.6) is 0 Å². The van der Waals surface area contributed by atoms with E-state index in [1.165, 1.54) is 0 Å². The molecular formula is C29H50N6O7. The van der Waals surface area contributed by atoms with E-state index in [0.29, 0.717) is 11.3 Å². The van der Waals surface area contributed by atoms with Gasteiger partial charge in [-0.3, -0.25) is 28.9 Å². The van der Waals surface area contributed by atoms with Gasteiger partial charge in [-0.15, -0.1) is 0 Å². The zero-order valence-corrected chi connectivity index (χ0v) is 26.2. The molecular weight excluding hydrogens is 544 g/mol. The number of carboxylic acid groups (broad SMARTS) is 1. The molecule has 5 amide bonds. The van der Waals surface area contributed by atoms with Crippen LogP contribution in [-0.4, -0.2) is 113 Å². The zero-order valence-electron chi connectivity index (χ0n) is 26.2. The van der Waals surface area contributed by atoms with Gasteiger partial charge in [-0.05, 0) is 37.6 Å². The summed E-state index contributed by atoms with van der Waals surface area (Å²) in [5, 5.41) is 18.3. The van der Waals surface area contributed by atoms with Crippen molar-refractivity contribution in [3.05, 3.63) is 0 Å².